The molecule has 138 valence electrons. The SMILES string of the molecule is O=C(NCc1cccc(OCc2ccccn2)c1)c1cccc2ccccc12. The molecule has 28 heavy (non-hydrogen) atoms. The average Bonchev–Trinajstić information content (AvgIpc) is 2.77. The second kappa shape index (κ2) is 8.35. The second-order valence-electron chi connectivity index (χ2n) is 6.47. The number of aromatic nitrogens is 1. The molecular formula is C24H20N2O2. The van der Waals surface area contributed by atoms with Gasteiger partial charge in [-0.25, -0.2) is 0 Å². The maximum absolute atomic E-state index is 12.7. The van der Waals surface area contributed by atoms with Crippen LogP contribution in [0.1, 0.15) is 21.6 Å². The van der Waals surface area contributed by atoms with E-state index in [-0.39, 0.29) is 5.91 Å². The molecule has 4 heteroatoms. The van der Waals surface area contributed by atoms with E-state index in [4.69, 9.17) is 4.74 Å². The van der Waals surface area contributed by atoms with Crippen LogP contribution in [0.5, 0.6) is 5.75 Å². The molecular weight excluding hydrogens is 348 g/mol. The number of nitrogens with one attached hydrogen (secondary N) is 1. The maximum Gasteiger partial charge on any atom is 0.252 e. The molecule has 4 aromatic rings. The van der Waals surface area contributed by atoms with Gasteiger partial charge in [0, 0.05) is 18.3 Å². The Hall–Kier alpha value is -3.66. The lowest BCUT2D eigenvalue weighted by Gasteiger charge is -2.10. The standard InChI is InChI=1S/C24H20N2O2/c27-24(23-13-6-9-19-8-1-2-12-22(19)23)26-16-18-7-5-11-21(15-18)28-17-20-10-3-4-14-25-20/h1-15H,16-17H2,(H,26,27). The molecule has 3 aromatic carbocycles. The average molecular weight is 368 g/mol. The van der Waals surface area contributed by atoms with Crippen molar-refractivity contribution in [3.05, 3.63) is 108 Å². The van der Waals surface area contributed by atoms with Crippen molar-refractivity contribution in [2.75, 3.05) is 0 Å². The van der Waals surface area contributed by atoms with Crippen LogP contribution in [0.4, 0.5) is 0 Å². The fourth-order valence-electron chi connectivity index (χ4n) is 3.09. The Morgan fingerprint density at radius 3 is 2.61 bits per heavy atom. The van der Waals surface area contributed by atoms with Gasteiger partial charge in [0.15, 0.2) is 0 Å². The minimum atomic E-state index is -0.0865. The number of rotatable bonds is 6. The molecule has 0 fully saturated rings. The first-order valence-corrected chi connectivity index (χ1v) is 9.17. The second-order valence-corrected chi connectivity index (χ2v) is 6.47. The van der Waals surface area contributed by atoms with Crippen LogP contribution in [-0.4, -0.2) is 10.9 Å². The summed E-state index contributed by atoms with van der Waals surface area (Å²) < 4.78 is 5.81. The molecule has 1 aromatic heterocycles. The molecule has 0 radical (unpaired) electrons. The maximum atomic E-state index is 12.7. The number of nitrogens with zero attached hydrogens (tertiary/aromatic N) is 1. The van der Waals surface area contributed by atoms with E-state index in [9.17, 15) is 4.79 Å². The number of hydrogen-bond acceptors (Lipinski definition) is 3. The molecule has 0 spiro atoms. The van der Waals surface area contributed by atoms with Crippen molar-refractivity contribution < 1.29 is 9.53 Å². The molecule has 0 aliphatic heterocycles. The first kappa shape index (κ1) is 17.7. The van der Waals surface area contributed by atoms with Gasteiger partial charge in [-0.3, -0.25) is 9.78 Å². The van der Waals surface area contributed by atoms with Gasteiger partial charge in [0.1, 0.15) is 12.4 Å². The van der Waals surface area contributed by atoms with Crippen molar-refractivity contribution in [2.45, 2.75) is 13.2 Å². The van der Waals surface area contributed by atoms with Gasteiger partial charge in [0.2, 0.25) is 0 Å². The molecule has 1 heterocycles. The molecule has 0 aliphatic rings. The van der Waals surface area contributed by atoms with Crippen LogP contribution < -0.4 is 10.1 Å². The fraction of sp³-hybridized carbons (Fsp3) is 0.0833. The van der Waals surface area contributed by atoms with Crippen molar-refractivity contribution in [3.63, 3.8) is 0 Å². The highest BCUT2D eigenvalue weighted by Gasteiger charge is 2.09. The first-order chi connectivity index (χ1) is 13.8. The minimum absolute atomic E-state index is 0.0865. The lowest BCUT2D eigenvalue weighted by atomic mass is 10.0. The Labute approximate surface area is 163 Å². The third-order valence-electron chi connectivity index (χ3n) is 4.50. The van der Waals surface area contributed by atoms with E-state index in [1.165, 1.54) is 0 Å². The van der Waals surface area contributed by atoms with Crippen LogP contribution in [0, 0.1) is 0 Å². The first-order valence-electron chi connectivity index (χ1n) is 9.17. The van der Waals surface area contributed by atoms with E-state index in [1.54, 1.807) is 6.20 Å². The van der Waals surface area contributed by atoms with E-state index in [1.807, 2.05) is 84.9 Å². The minimum Gasteiger partial charge on any atom is -0.487 e. The Balaban J connectivity index is 1.41. The van der Waals surface area contributed by atoms with Crippen molar-refractivity contribution in [3.8, 4) is 5.75 Å². The monoisotopic (exact) mass is 368 g/mol. The molecule has 1 amide bonds. The van der Waals surface area contributed by atoms with Gasteiger partial charge in [-0.1, -0.05) is 54.6 Å². The summed E-state index contributed by atoms with van der Waals surface area (Å²) in [4.78, 5) is 16.9. The molecule has 0 saturated carbocycles. The van der Waals surface area contributed by atoms with E-state index < -0.39 is 0 Å². The van der Waals surface area contributed by atoms with Gasteiger partial charge in [-0.05, 0) is 46.7 Å². The lowest BCUT2D eigenvalue weighted by molar-refractivity contribution is 0.0952. The van der Waals surface area contributed by atoms with Crippen molar-refractivity contribution in [1.82, 2.24) is 10.3 Å². The van der Waals surface area contributed by atoms with Gasteiger partial charge >= 0.3 is 0 Å². The number of amides is 1. The van der Waals surface area contributed by atoms with E-state index in [2.05, 4.69) is 10.3 Å². The number of carbonyl (C=O) groups excluding carboxylic acids is 1. The van der Waals surface area contributed by atoms with E-state index in [0.717, 1.165) is 27.8 Å². The van der Waals surface area contributed by atoms with Gasteiger partial charge < -0.3 is 10.1 Å². The summed E-state index contributed by atoms with van der Waals surface area (Å²) in [5.41, 5.74) is 2.53. The molecule has 0 saturated heterocycles. The molecule has 0 unspecified atom stereocenters. The third kappa shape index (κ3) is 4.18. The summed E-state index contributed by atoms with van der Waals surface area (Å²) in [5.74, 6) is 0.666. The molecule has 0 bridgehead atoms. The Kier molecular flexibility index (Phi) is 5.29. The van der Waals surface area contributed by atoms with Gasteiger partial charge in [0.05, 0.1) is 5.69 Å². The van der Waals surface area contributed by atoms with Crippen molar-refractivity contribution in [2.24, 2.45) is 0 Å². The summed E-state index contributed by atoms with van der Waals surface area (Å²) in [6, 6.07) is 27.1. The summed E-state index contributed by atoms with van der Waals surface area (Å²) >= 11 is 0. The topological polar surface area (TPSA) is 51.2 Å². The van der Waals surface area contributed by atoms with Crippen molar-refractivity contribution >= 4 is 16.7 Å². The zero-order valence-electron chi connectivity index (χ0n) is 15.3. The number of carbonyl (C=O) groups is 1. The fourth-order valence-corrected chi connectivity index (χ4v) is 3.09. The van der Waals surface area contributed by atoms with Crippen LogP contribution in [0.15, 0.2) is 91.1 Å². The predicted octanol–water partition coefficient (Wildman–Crippen LogP) is 4.74. The summed E-state index contributed by atoms with van der Waals surface area (Å²) in [5, 5.41) is 5.01. The predicted molar refractivity (Wildman–Crippen MR) is 110 cm³/mol. The highest BCUT2D eigenvalue weighted by atomic mass is 16.5. The smallest absolute Gasteiger partial charge is 0.252 e. The highest BCUT2D eigenvalue weighted by molar-refractivity contribution is 6.06. The van der Waals surface area contributed by atoms with Gasteiger partial charge in [-0.2, -0.15) is 0 Å². The Morgan fingerprint density at radius 1 is 0.893 bits per heavy atom. The summed E-state index contributed by atoms with van der Waals surface area (Å²) in [6.07, 6.45) is 1.75. The normalized spacial score (nSPS) is 10.6. The number of fused-ring (bicyclic) bond motifs is 1. The van der Waals surface area contributed by atoms with Crippen LogP contribution in [-0.2, 0) is 13.2 Å². The van der Waals surface area contributed by atoms with Crippen LogP contribution >= 0.6 is 0 Å². The Bertz CT molecular complexity index is 1090. The summed E-state index contributed by atoms with van der Waals surface area (Å²) in [7, 11) is 0. The van der Waals surface area contributed by atoms with Gasteiger partial charge in [-0.15, -0.1) is 0 Å². The lowest BCUT2D eigenvalue weighted by Crippen LogP contribution is -2.23. The van der Waals surface area contributed by atoms with Crippen LogP contribution in [0.2, 0.25) is 0 Å². The third-order valence-corrected chi connectivity index (χ3v) is 4.50. The molecule has 1 N–H and O–H groups in total. The molecule has 4 rings (SSSR count). The number of ether oxygens (including phenoxy) is 1. The summed E-state index contributed by atoms with van der Waals surface area (Å²) in [6.45, 7) is 0.843. The zero-order valence-corrected chi connectivity index (χ0v) is 15.3. The molecule has 4 nitrogen and oxygen atoms in total. The largest absolute Gasteiger partial charge is 0.487 e. The number of pyridine rings is 1. The quantitative estimate of drug-likeness (QED) is 0.535. The number of benzene rings is 3. The molecule has 0 atom stereocenters. The van der Waals surface area contributed by atoms with E-state index >= 15 is 0 Å². The highest BCUT2D eigenvalue weighted by Crippen LogP contribution is 2.19. The van der Waals surface area contributed by atoms with E-state index in [0.29, 0.717) is 18.7 Å². The Morgan fingerprint density at radius 2 is 1.71 bits per heavy atom. The van der Waals surface area contributed by atoms with Gasteiger partial charge in [0.25, 0.3) is 5.91 Å². The molecule has 0 aliphatic carbocycles. The number of hydrogen-bond donors (Lipinski definition) is 1. The van der Waals surface area contributed by atoms with Crippen LogP contribution in [0.3, 0.4) is 0 Å². The zero-order chi connectivity index (χ0) is 19.2. The van der Waals surface area contributed by atoms with Crippen molar-refractivity contribution in [1.29, 1.82) is 0 Å². The van der Waals surface area contributed by atoms with Crippen LogP contribution in [0.25, 0.3) is 10.8 Å².